The van der Waals surface area contributed by atoms with Gasteiger partial charge in [-0.05, 0) is 13.3 Å². The van der Waals surface area contributed by atoms with Crippen LogP contribution in [0.15, 0.2) is 15.0 Å². The van der Waals surface area contributed by atoms with E-state index in [4.69, 9.17) is 10.5 Å². The number of nitrogens with two attached hydrogens (primary N) is 1. The van der Waals surface area contributed by atoms with Crippen molar-refractivity contribution in [2.24, 2.45) is 20.7 Å². The van der Waals surface area contributed by atoms with Gasteiger partial charge in [-0.3, -0.25) is 14.4 Å². The van der Waals surface area contributed by atoms with Crippen LogP contribution in [-0.4, -0.2) is 65.4 Å². The second-order valence-corrected chi connectivity index (χ2v) is 9.77. The Kier molecular flexibility index (Phi) is 10.1. The standard InChI is InChI=1S/C19H35N6O4P/c1-3-4-5-6-7-8-9-10-11-22-30(27,28)14-29-15(2)12-25-13-21-16-17(25)23-19(20)24-18(16)26/h13,15-16H,3-12,14H2,1-2H3,(H2,20,24,26)(H2,22,27,28). The third-order valence-corrected chi connectivity index (χ3v) is 6.18. The van der Waals surface area contributed by atoms with E-state index in [-0.39, 0.29) is 18.4 Å². The minimum absolute atomic E-state index is 0.0969. The molecule has 0 bridgehead atoms. The van der Waals surface area contributed by atoms with Gasteiger partial charge >= 0.3 is 0 Å². The Bertz CT molecular complexity index is 711. The molecular weight excluding hydrogens is 407 g/mol. The number of hydrogen-bond acceptors (Lipinski definition) is 7. The van der Waals surface area contributed by atoms with Crippen LogP contribution < -0.4 is 10.8 Å². The average Bonchev–Trinajstić information content (AvgIpc) is 3.08. The Morgan fingerprint density at radius 2 is 1.90 bits per heavy atom. The van der Waals surface area contributed by atoms with Crippen molar-refractivity contribution in [1.29, 1.82) is 0 Å². The van der Waals surface area contributed by atoms with E-state index < -0.39 is 19.5 Å². The van der Waals surface area contributed by atoms with Crippen LogP contribution in [0.2, 0.25) is 0 Å². The normalized spacial score (nSPS) is 21.2. The number of fused-ring (bicyclic) bond motifs is 1. The summed E-state index contributed by atoms with van der Waals surface area (Å²) in [5, 5.41) is 2.72. The topological polar surface area (TPSA) is 142 Å². The largest absolute Gasteiger partial charge is 0.368 e. The Morgan fingerprint density at radius 1 is 1.23 bits per heavy atom. The molecule has 2 aliphatic rings. The van der Waals surface area contributed by atoms with E-state index in [1.165, 1.54) is 38.4 Å². The lowest BCUT2D eigenvalue weighted by molar-refractivity contribution is -0.117. The zero-order valence-corrected chi connectivity index (χ0v) is 18.9. The summed E-state index contributed by atoms with van der Waals surface area (Å²) in [6.07, 6.45) is 10.3. The highest BCUT2D eigenvalue weighted by Gasteiger charge is 2.35. The lowest BCUT2D eigenvalue weighted by Gasteiger charge is -2.24. The zero-order chi connectivity index (χ0) is 22.0. The molecule has 11 heteroatoms. The number of carbonyl (C=O) groups is 1. The van der Waals surface area contributed by atoms with Crippen LogP contribution in [0.25, 0.3) is 0 Å². The molecule has 0 aromatic rings. The molecule has 0 saturated carbocycles. The van der Waals surface area contributed by atoms with E-state index in [0.717, 1.165) is 19.3 Å². The van der Waals surface area contributed by atoms with Crippen molar-refractivity contribution >= 4 is 31.6 Å². The second kappa shape index (κ2) is 12.3. The molecule has 3 atom stereocenters. The minimum Gasteiger partial charge on any atom is -0.368 e. The smallest absolute Gasteiger partial charge is 0.292 e. The maximum Gasteiger partial charge on any atom is 0.292 e. The average molecular weight is 443 g/mol. The van der Waals surface area contributed by atoms with Crippen LogP contribution in [0.4, 0.5) is 0 Å². The van der Waals surface area contributed by atoms with Crippen molar-refractivity contribution in [3.8, 4) is 0 Å². The highest BCUT2D eigenvalue weighted by molar-refractivity contribution is 7.55. The monoisotopic (exact) mass is 442 g/mol. The molecule has 2 aliphatic heterocycles. The number of amides is 1. The molecule has 2 rings (SSSR count). The third-order valence-electron chi connectivity index (χ3n) is 4.96. The molecule has 0 aliphatic carbocycles. The summed E-state index contributed by atoms with van der Waals surface area (Å²) in [4.78, 5) is 35.3. The van der Waals surface area contributed by atoms with Gasteiger partial charge in [0.15, 0.2) is 6.04 Å². The number of carbonyl (C=O) groups excluding carboxylic acids is 1. The van der Waals surface area contributed by atoms with Crippen molar-refractivity contribution in [1.82, 2.24) is 9.99 Å². The Morgan fingerprint density at radius 3 is 2.60 bits per heavy atom. The van der Waals surface area contributed by atoms with Crippen LogP contribution in [-0.2, 0) is 14.1 Å². The van der Waals surface area contributed by atoms with Gasteiger partial charge in [-0.1, -0.05) is 51.9 Å². The van der Waals surface area contributed by atoms with Gasteiger partial charge in [-0.15, -0.1) is 0 Å². The van der Waals surface area contributed by atoms with Gasteiger partial charge in [0, 0.05) is 6.54 Å². The number of ether oxygens (including phenoxy) is 1. The highest BCUT2D eigenvalue weighted by atomic mass is 31.2. The van der Waals surface area contributed by atoms with E-state index >= 15 is 0 Å². The molecule has 0 spiro atoms. The van der Waals surface area contributed by atoms with Gasteiger partial charge in [-0.2, -0.15) is 9.98 Å². The first-order valence-electron chi connectivity index (χ1n) is 10.8. The number of unbranched alkanes of at least 4 members (excludes halogenated alkanes) is 7. The summed E-state index contributed by atoms with van der Waals surface area (Å²) < 4.78 is 17.8. The Balaban J connectivity index is 1.61. The lowest BCUT2D eigenvalue weighted by Crippen LogP contribution is -2.42. The van der Waals surface area contributed by atoms with Gasteiger partial charge in [0.25, 0.3) is 13.4 Å². The third kappa shape index (κ3) is 8.26. The molecule has 1 amide bonds. The molecule has 0 saturated heterocycles. The zero-order valence-electron chi connectivity index (χ0n) is 18.0. The fraction of sp³-hybridized carbons (Fsp3) is 0.789. The fourth-order valence-electron chi connectivity index (χ4n) is 3.30. The summed E-state index contributed by atoms with van der Waals surface area (Å²) in [6.45, 7) is 4.82. The fourth-order valence-corrected chi connectivity index (χ4v) is 4.36. The SMILES string of the molecule is CCCCCCCCCCNP(=O)(O)COC(C)CN1C=NC2C(=O)N=C(N)N=C21. The number of nitrogens with one attached hydrogen (secondary N) is 1. The number of hydrogen-bond donors (Lipinski definition) is 3. The summed E-state index contributed by atoms with van der Waals surface area (Å²) in [6, 6.07) is -0.762. The minimum atomic E-state index is -3.56. The summed E-state index contributed by atoms with van der Waals surface area (Å²) in [5.41, 5.74) is 5.54. The first kappa shape index (κ1) is 24.7. The summed E-state index contributed by atoms with van der Waals surface area (Å²) in [7, 11) is -3.56. The highest BCUT2D eigenvalue weighted by Crippen LogP contribution is 2.35. The van der Waals surface area contributed by atoms with Crippen LogP contribution in [0.1, 0.15) is 65.2 Å². The van der Waals surface area contributed by atoms with Crippen molar-refractivity contribution in [2.45, 2.75) is 77.4 Å². The molecule has 30 heavy (non-hydrogen) atoms. The van der Waals surface area contributed by atoms with Crippen LogP contribution in [0, 0.1) is 0 Å². The Labute approximate surface area is 178 Å². The predicted molar refractivity (Wildman–Crippen MR) is 119 cm³/mol. The van der Waals surface area contributed by atoms with E-state index in [0.29, 0.717) is 18.9 Å². The van der Waals surface area contributed by atoms with Crippen LogP contribution in [0.5, 0.6) is 0 Å². The molecule has 0 fully saturated rings. The first-order valence-corrected chi connectivity index (χ1v) is 12.6. The molecular formula is C19H35N6O4P. The van der Waals surface area contributed by atoms with Crippen molar-refractivity contribution in [3.05, 3.63) is 0 Å². The second-order valence-electron chi connectivity index (χ2n) is 7.79. The first-order chi connectivity index (χ1) is 14.3. The van der Waals surface area contributed by atoms with Crippen molar-refractivity contribution in [3.63, 3.8) is 0 Å². The number of nitrogens with zero attached hydrogens (tertiary/aromatic N) is 4. The predicted octanol–water partition coefficient (Wildman–Crippen LogP) is 2.23. The van der Waals surface area contributed by atoms with Gasteiger partial charge in [0.2, 0.25) is 5.96 Å². The number of rotatable bonds is 15. The quantitative estimate of drug-likeness (QED) is 0.261. The molecule has 0 aromatic heterocycles. The maximum absolute atomic E-state index is 12.3. The van der Waals surface area contributed by atoms with Gasteiger partial charge in [0.1, 0.15) is 12.2 Å². The molecule has 3 unspecified atom stereocenters. The van der Waals surface area contributed by atoms with Gasteiger partial charge in [-0.25, -0.2) is 5.09 Å². The molecule has 0 aromatic carbocycles. The van der Waals surface area contributed by atoms with Crippen molar-refractivity contribution < 1.29 is 19.0 Å². The van der Waals surface area contributed by atoms with E-state index in [9.17, 15) is 14.3 Å². The lowest BCUT2D eigenvalue weighted by atomic mass is 10.1. The Hall–Kier alpha value is -1.61. The van der Waals surface area contributed by atoms with E-state index in [1.54, 1.807) is 11.8 Å². The number of aliphatic imine (C=N–C) groups is 3. The summed E-state index contributed by atoms with van der Waals surface area (Å²) in [5.74, 6) is -0.141. The molecule has 4 N–H and O–H groups in total. The number of amidine groups is 1. The van der Waals surface area contributed by atoms with Crippen LogP contribution >= 0.6 is 7.52 Å². The molecule has 2 heterocycles. The molecule has 0 radical (unpaired) electrons. The van der Waals surface area contributed by atoms with E-state index in [1.807, 2.05) is 0 Å². The van der Waals surface area contributed by atoms with Crippen LogP contribution in [0.3, 0.4) is 0 Å². The molecule has 170 valence electrons. The number of guanidine groups is 1. The maximum atomic E-state index is 12.3. The molecule has 10 nitrogen and oxygen atoms in total. The van der Waals surface area contributed by atoms with Gasteiger partial charge < -0.3 is 20.3 Å². The van der Waals surface area contributed by atoms with Crippen molar-refractivity contribution in [2.75, 3.05) is 19.4 Å². The summed E-state index contributed by atoms with van der Waals surface area (Å²) >= 11 is 0. The van der Waals surface area contributed by atoms with Gasteiger partial charge in [0.05, 0.1) is 19.0 Å². The van der Waals surface area contributed by atoms with E-state index in [2.05, 4.69) is 27.0 Å².